The molecule has 0 atom stereocenters. The van der Waals surface area contributed by atoms with Crippen molar-refractivity contribution >= 4 is 96.9 Å². The molecular formula is C13H25I3N2O2S3. The van der Waals surface area contributed by atoms with Gasteiger partial charge in [0.25, 0.3) is 0 Å². The Morgan fingerprint density at radius 1 is 0.913 bits per heavy atom. The zero-order valence-electron chi connectivity index (χ0n) is 13.3. The predicted octanol–water partition coefficient (Wildman–Crippen LogP) is 6.88. The number of rotatable bonds is 16. The minimum atomic E-state index is -0.0680. The van der Waals surface area contributed by atoms with Gasteiger partial charge in [-0.15, -0.1) is 0 Å². The van der Waals surface area contributed by atoms with Gasteiger partial charge in [0.2, 0.25) is 0 Å². The molecule has 0 aromatic heterocycles. The van der Waals surface area contributed by atoms with Gasteiger partial charge in [-0.3, -0.25) is 4.79 Å². The van der Waals surface area contributed by atoms with E-state index in [4.69, 9.17) is 4.74 Å². The van der Waals surface area contributed by atoms with E-state index in [0.717, 1.165) is 32.5 Å². The monoisotopic (exact) mass is 718 g/mol. The van der Waals surface area contributed by atoms with Gasteiger partial charge in [-0.25, -0.2) is 4.31 Å². The number of nitrogens with zero attached hydrogens (tertiary/aromatic N) is 2. The van der Waals surface area contributed by atoms with Crippen LogP contribution in [-0.4, -0.2) is 40.2 Å². The largest absolute Gasteiger partial charge is 0.466 e. The summed E-state index contributed by atoms with van der Waals surface area (Å²) in [7, 11) is 5.22. The fraction of sp³-hybridized carbons (Fsp3) is 0.923. The van der Waals surface area contributed by atoms with Gasteiger partial charge in [-0.2, -0.15) is 3.71 Å². The number of hydrogen-bond donors (Lipinski definition) is 0. The highest BCUT2D eigenvalue weighted by Gasteiger charge is 2.09. The van der Waals surface area contributed by atoms with Gasteiger partial charge in [0.15, 0.2) is 0 Å². The zero-order chi connectivity index (χ0) is 17.3. The summed E-state index contributed by atoms with van der Waals surface area (Å²) < 4.78 is 9.74. The summed E-state index contributed by atoms with van der Waals surface area (Å²) in [4.78, 5) is 11.6. The molecule has 10 heteroatoms. The molecule has 0 aliphatic carbocycles. The second kappa shape index (κ2) is 19.4. The van der Waals surface area contributed by atoms with E-state index in [1.807, 2.05) is 0 Å². The smallest absolute Gasteiger partial charge is 0.307 e. The molecule has 0 radical (unpaired) electrons. The summed E-state index contributed by atoms with van der Waals surface area (Å²) in [5.41, 5.74) is 0. The van der Waals surface area contributed by atoms with Crippen LogP contribution in [0.4, 0.5) is 0 Å². The maximum atomic E-state index is 11.6. The Hall–Kier alpha value is 2.63. The maximum absolute atomic E-state index is 11.6. The molecule has 0 saturated carbocycles. The SMILES string of the molecule is CCCCOC(=O)CCN(CCCCCCN(SI)SI)SI. The van der Waals surface area contributed by atoms with Crippen molar-refractivity contribution in [1.29, 1.82) is 0 Å². The maximum Gasteiger partial charge on any atom is 0.307 e. The van der Waals surface area contributed by atoms with Crippen LogP contribution >= 0.6 is 91.0 Å². The van der Waals surface area contributed by atoms with Crippen molar-refractivity contribution in [2.45, 2.75) is 51.9 Å². The molecule has 0 heterocycles. The highest BCUT2D eigenvalue weighted by Crippen LogP contribution is 2.32. The molecule has 0 bridgehead atoms. The number of hydrogen-bond acceptors (Lipinski definition) is 7. The molecular weight excluding hydrogens is 693 g/mol. The number of ether oxygens (including phenoxy) is 1. The van der Waals surface area contributed by atoms with Crippen LogP contribution in [0, 0.1) is 0 Å². The van der Waals surface area contributed by atoms with Crippen molar-refractivity contribution in [3.63, 3.8) is 0 Å². The quantitative estimate of drug-likeness (QED) is 0.0746. The molecule has 0 amide bonds. The molecule has 0 rings (SSSR count). The van der Waals surface area contributed by atoms with Gasteiger partial charge in [0.1, 0.15) is 0 Å². The lowest BCUT2D eigenvalue weighted by Gasteiger charge is -2.17. The molecule has 0 aliphatic rings. The van der Waals surface area contributed by atoms with Gasteiger partial charge in [0.05, 0.1) is 13.0 Å². The minimum Gasteiger partial charge on any atom is -0.466 e. The van der Waals surface area contributed by atoms with E-state index in [2.05, 4.69) is 78.6 Å². The molecule has 0 aromatic rings. The summed E-state index contributed by atoms with van der Waals surface area (Å²) in [5.74, 6) is -0.0680. The first-order chi connectivity index (χ1) is 11.2. The van der Waals surface area contributed by atoms with Gasteiger partial charge < -0.3 is 4.74 Å². The molecule has 138 valence electrons. The standard InChI is InChI=1S/C13H25I3N2O2S3/c1-2-3-12-20-13(19)8-11-17(21-14)9-6-4-5-7-10-18(22-15)23-16/h2-12H2,1H3. The summed E-state index contributed by atoms with van der Waals surface area (Å²) in [6.45, 7) is 5.62. The third-order valence-corrected chi connectivity index (χ3v) is 10.9. The van der Waals surface area contributed by atoms with Gasteiger partial charge in [-0.1, -0.05) is 26.2 Å². The lowest BCUT2D eigenvalue weighted by atomic mass is 10.2. The van der Waals surface area contributed by atoms with Crippen molar-refractivity contribution in [2.24, 2.45) is 0 Å². The average Bonchev–Trinajstić information content (AvgIpc) is 2.57. The molecule has 0 aromatic carbocycles. The summed E-state index contributed by atoms with van der Waals surface area (Å²) in [6, 6.07) is 0. The first-order valence-corrected chi connectivity index (χ1v) is 17.7. The van der Waals surface area contributed by atoms with Crippen LogP contribution in [0.15, 0.2) is 0 Å². The number of carbonyl (C=O) groups is 1. The van der Waals surface area contributed by atoms with E-state index in [1.54, 1.807) is 27.4 Å². The van der Waals surface area contributed by atoms with Crippen LogP contribution in [0.3, 0.4) is 0 Å². The molecule has 0 spiro atoms. The third kappa shape index (κ3) is 16.5. The average molecular weight is 718 g/mol. The molecule has 0 N–H and O–H groups in total. The third-order valence-electron chi connectivity index (χ3n) is 3.08. The Morgan fingerprint density at radius 2 is 1.57 bits per heavy atom. The normalized spacial score (nSPS) is 11.4. The van der Waals surface area contributed by atoms with E-state index in [0.29, 0.717) is 13.0 Å². The minimum absolute atomic E-state index is 0.0680. The molecule has 23 heavy (non-hydrogen) atoms. The van der Waals surface area contributed by atoms with Crippen molar-refractivity contribution in [3.8, 4) is 0 Å². The van der Waals surface area contributed by atoms with E-state index in [1.165, 1.54) is 25.7 Å². The fourth-order valence-corrected chi connectivity index (χ4v) is 9.18. The van der Waals surface area contributed by atoms with Crippen molar-refractivity contribution in [2.75, 3.05) is 26.2 Å². The number of esters is 1. The Labute approximate surface area is 190 Å². The van der Waals surface area contributed by atoms with Crippen LogP contribution in [0.25, 0.3) is 0 Å². The first kappa shape index (κ1) is 25.6. The molecule has 0 saturated heterocycles. The van der Waals surface area contributed by atoms with Crippen LogP contribution < -0.4 is 0 Å². The predicted molar refractivity (Wildman–Crippen MR) is 132 cm³/mol. The Bertz CT molecular complexity index is 291. The highest BCUT2D eigenvalue weighted by molar-refractivity contribution is 14.2. The van der Waals surface area contributed by atoms with E-state index < -0.39 is 0 Å². The van der Waals surface area contributed by atoms with Crippen molar-refractivity contribution in [1.82, 2.24) is 8.02 Å². The molecule has 0 aliphatic heterocycles. The lowest BCUT2D eigenvalue weighted by Crippen LogP contribution is -2.20. The lowest BCUT2D eigenvalue weighted by molar-refractivity contribution is -0.143. The number of unbranched alkanes of at least 4 members (excludes halogenated alkanes) is 4. The molecule has 0 fully saturated rings. The van der Waals surface area contributed by atoms with Crippen LogP contribution in [0.2, 0.25) is 0 Å². The number of carbonyl (C=O) groups excluding carboxylic acids is 1. The Kier molecular flexibility index (Phi) is 21.6. The second-order valence-electron chi connectivity index (χ2n) is 4.93. The summed E-state index contributed by atoms with van der Waals surface area (Å²) in [5, 5.41) is 0. The number of halogens is 3. The summed E-state index contributed by atoms with van der Waals surface area (Å²) >= 11 is 6.94. The highest BCUT2D eigenvalue weighted by atomic mass is 127. The molecule has 4 nitrogen and oxygen atoms in total. The van der Waals surface area contributed by atoms with E-state index >= 15 is 0 Å². The first-order valence-electron chi connectivity index (χ1n) is 7.72. The van der Waals surface area contributed by atoms with Gasteiger partial charge in [0, 0.05) is 101 Å². The van der Waals surface area contributed by atoms with Gasteiger partial charge in [-0.05, 0) is 28.4 Å². The van der Waals surface area contributed by atoms with Crippen LogP contribution in [-0.2, 0) is 9.53 Å². The van der Waals surface area contributed by atoms with Crippen molar-refractivity contribution in [3.05, 3.63) is 0 Å². The topological polar surface area (TPSA) is 32.8 Å². The fourth-order valence-electron chi connectivity index (χ4n) is 1.76. The Morgan fingerprint density at radius 3 is 2.13 bits per heavy atom. The van der Waals surface area contributed by atoms with Crippen LogP contribution in [0.1, 0.15) is 51.9 Å². The van der Waals surface area contributed by atoms with Crippen molar-refractivity contribution < 1.29 is 9.53 Å². The second-order valence-corrected chi connectivity index (χ2v) is 10.5. The molecule has 0 unspecified atom stereocenters. The van der Waals surface area contributed by atoms with Crippen LogP contribution in [0.5, 0.6) is 0 Å². The van der Waals surface area contributed by atoms with E-state index in [-0.39, 0.29) is 5.97 Å². The Balaban J connectivity index is 3.60. The zero-order valence-corrected chi connectivity index (χ0v) is 22.3. The summed E-state index contributed by atoms with van der Waals surface area (Å²) in [6.07, 6.45) is 7.47. The van der Waals surface area contributed by atoms with Gasteiger partial charge >= 0.3 is 5.97 Å². The van der Waals surface area contributed by atoms with E-state index in [9.17, 15) is 4.79 Å².